The SMILES string of the molecule is Cc1cc(C)c(NC(=O)C2(N(Cc3ccc(C(F)(F)F)cc3)C(=O)C[C@@H]3[C@H](c4c(C)[nH]c5ccccc45)C3(C)C)CCSCC2)c(C)c1. The van der Waals surface area contributed by atoms with Gasteiger partial charge in [0.15, 0.2) is 0 Å². The first-order valence-corrected chi connectivity index (χ1v) is 17.8. The molecule has 2 N–H and O–H groups in total. The number of H-pyrrole nitrogens is 1. The van der Waals surface area contributed by atoms with Gasteiger partial charge in [0.05, 0.1) is 5.56 Å². The van der Waals surface area contributed by atoms with Crippen LogP contribution in [0.15, 0.2) is 60.7 Å². The van der Waals surface area contributed by atoms with Crippen LogP contribution in [-0.4, -0.2) is 38.7 Å². The van der Waals surface area contributed by atoms with Crippen molar-refractivity contribution in [3.8, 4) is 0 Å². The molecule has 1 saturated carbocycles. The lowest BCUT2D eigenvalue weighted by Gasteiger charge is -2.45. The number of carbonyl (C=O) groups is 2. The van der Waals surface area contributed by atoms with Crippen molar-refractivity contribution in [2.45, 2.75) is 85.0 Å². The Hall–Kier alpha value is -3.72. The van der Waals surface area contributed by atoms with E-state index in [1.165, 1.54) is 17.7 Å². The zero-order valence-corrected chi connectivity index (χ0v) is 29.3. The number of hydrogen-bond donors (Lipinski definition) is 2. The summed E-state index contributed by atoms with van der Waals surface area (Å²) in [4.78, 5) is 34.6. The van der Waals surface area contributed by atoms with Crippen LogP contribution >= 0.6 is 11.8 Å². The molecule has 1 aliphatic heterocycles. The van der Waals surface area contributed by atoms with Crippen LogP contribution in [0.4, 0.5) is 18.9 Å². The molecule has 0 unspecified atom stereocenters. The van der Waals surface area contributed by atoms with Crippen molar-refractivity contribution in [2.24, 2.45) is 11.3 Å². The summed E-state index contributed by atoms with van der Waals surface area (Å²) >= 11 is 1.75. The van der Waals surface area contributed by atoms with Crippen molar-refractivity contribution in [1.29, 1.82) is 0 Å². The van der Waals surface area contributed by atoms with Crippen molar-refractivity contribution < 1.29 is 22.8 Å². The fourth-order valence-electron chi connectivity index (χ4n) is 8.09. The molecule has 1 aromatic heterocycles. The van der Waals surface area contributed by atoms with Gasteiger partial charge in [-0.3, -0.25) is 9.59 Å². The van der Waals surface area contributed by atoms with Crippen LogP contribution in [0.5, 0.6) is 0 Å². The van der Waals surface area contributed by atoms with E-state index in [9.17, 15) is 22.8 Å². The number of thioether (sulfide) groups is 1. The summed E-state index contributed by atoms with van der Waals surface area (Å²) in [6.07, 6.45) is -3.31. The Kier molecular flexibility index (Phi) is 8.98. The Balaban J connectivity index is 1.37. The highest BCUT2D eigenvalue weighted by Gasteiger charge is 2.60. The third kappa shape index (κ3) is 6.26. The van der Waals surface area contributed by atoms with Gasteiger partial charge in [0.2, 0.25) is 11.8 Å². The molecular weight excluding hydrogens is 632 g/mol. The molecule has 2 amide bonds. The standard InChI is InChI=1S/C39H44F3N3O2S/c1-23-19-24(2)35(25(3)20-23)44-36(47)38(15-17-48-18-16-38)45(22-27-11-13-28(14-12-27)39(40,41)42)32(46)21-30-34(37(30,5)6)33-26(4)43-31-10-8-7-9-29(31)33/h7-14,19-20,30,34,43H,15-18,21-22H2,1-6H3,(H,44,47)/t30-,34-/m1/s1. The molecule has 2 heterocycles. The molecule has 0 bridgehead atoms. The monoisotopic (exact) mass is 675 g/mol. The minimum absolute atomic E-state index is 0.0395. The predicted octanol–water partition coefficient (Wildman–Crippen LogP) is 9.48. The van der Waals surface area contributed by atoms with Gasteiger partial charge in [-0.25, -0.2) is 0 Å². The van der Waals surface area contributed by atoms with Gasteiger partial charge in [0.25, 0.3) is 0 Å². The van der Waals surface area contributed by atoms with E-state index >= 15 is 0 Å². The number of aromatic amines is 1. The molecule has 254 valence electrons. The summed E-state index contributed by atoms with van der Waals surface area (Å²) in [7, 11) is 0. The van der Waals surface area contributed by atoms with E-state index in [0.717, 1.165) is 51.1 Å². The van der Waals surface area contributed by atoms with E-state index in [4.69, 9.17) is 0 Å². The molecule has 2 aliphatic rings. The fourth-order valence-corrected chi connectivity index (χ4v) is 9.26. The number of benzene rings is 3. The summed E-state index contributed by atoms with van der Waals surface area (Å²) < 4.78 is 40.3. The summed E-state index contributed by atoms with van der Waals surface area (Å²) in [5.74, 6) is 1.20. The molecule has 6 rings (SSSR count). The van der Waals surface area contributed by atoms with Crippen LogP contribution in [0.3, 0.4) is 0 Å². The number of anilines is 1. The van der Waals surface area contributed by atoms with Gasteiger partial charge in [-0.1, -0.05) is 61.9 Å². The number of nitrogens with one attached hydrogen (secondary N) is 2. The minimum atomic E-state index is -4.47. The van der Waals surface area contributed by atoms with Crippen molar-refractivity contribution in [3.63, 3.8) is 0 Å². The molecule has 2 atom stereocenters. The van der Waals surface area contributed by atoms with E-state index in [1.807, 2.05) is 45.0 Å². The maximum Gasteiger partial charge on any atom is 0.416 e. The van der Waals surface area contributed by atoms with E-state index in [1.54, 1.807) is 16.7 Å². The van der Waals surface area contributed by atoms with Crippen LogP contribution in [0.2, 0.25) is 0 Å². The number of nitrogens with zero attached hydrogens (tertiary/aromatic N) is 1. The zero-order valence-electron chi connectivity index (χ0n) is 28.5. The smallest absolute Gasteiger partial charge is 0.358 e. The Labute approximate surface area is 285 Å². The van der Waals surface area contributed by atoms with Crippen LogP contribution in [0.1, 0.15) is 78.1 Å². The minimum Gasteiger partial charge on any atom is -0.358 e. The number of fused-ring (bicyclic) bond motifs is 1. The number of alkyl halides is 3. The molecule has 9 heteroatoms. The normalized spacial score (nSPS) is 20.0. The van der Waals surface area contributed by atoms with E-state index in [-0.39, 0.29) is 42.0 Å². The van der Waals surface area contributed by atoms with Crippen molar-refractivity contribution in [1.82, 2.24) is 9.88 Å². The maximum absolute atomic E-state index is 14.8. The third-order valence-electron chi connectivity index (χ3n) is 10.8. The number of para-hydroxylation sites is 1. The first-order valence-electron chi connectivity index (χ1n) is 16.6. The van der Waals surface area contributed by atoms with E-state index in [2.05, 4.69) is 43.2 Å². The summed E-state index contributed by atoms with van der Waals surface area (Å²) in [5.41, 5.74) is 5.62. The highest BCUT2D eigenvalue weighted by Crippen LogP contribution is 2.67. The second-order valence-electron chi connectivity index (χ2n) is 14.4. The molecule has 2 fully saturated rings. The van der Waals surface area contributed by atoms with Crippen molar-refractivity contribution in [2.75, 3.05) is 16.8 Å². The summed E-state index contributed by atoms with van der Waals surface area (Å²) in [6.45, 7) is 12.5. The molecule has 0 spiro atoms. The second kappa shape index (κ2) is 12.6. The fraction of sp³-hybridized carbons (Fsp3) is 0.436. The number of aryl methyl sites for hydroxylation is 4. The van der Waals surface area contributed by atoms with Crippen molar-refractivity contribution >= 4 is 40.2 Å². The van der Waals surface area contributed by atoms with Gasteiger partial charge >= 0.3 is 6.18 Å². The first-order chi connectivity index (χ1) is 22.6. The van der Waals surface area contributed by atoms with Crippen LogP contribution in [0.25, 0.3) is 10.9 Å². The van der Waals surface area contributed by atoms with Gasteiger partial charge in [0, 0.05) is 35.2 Å². The number of amides is 2. The highest BCUT2D eigenvalue weighted by molar-refractivity contribution is 7.99. The summed E-state index contributed by atoms with van der Waals surface area (Å²) in [5, 5.41) is 4.38. The molecule has 1 saturated heterocycles. The number of aromatic nitrogens is 1. The van der Waals surface area contributed by atoms with Gasteiger partial charge in [-0.05, 0) is 110 Å². The molecule has 48 heavy (non-hydrogen) atoms. The Morgan fingerprint density at radius 1 is 0.958 bits per heavy atom. The average molecular weight is 676 g/mol. The Morgan fingerprint density at radius 2 is 1.58 bits per heavy atom. The topological polar surface area (TPSA) is 65.2 Å². The second-order valence-corrected chi connectivity index (χ2v) is 15.6. The van der Waals surface area contributed by atoms with Gasteiger partial charge in [-0.2, -0.15) is 24.9 Å². The quantitative estimate of drug-likeness (QED) is 0.196. The van der Waals surface area contributed by atoms with Gasteiger partial charge < -0.3 is 15.2 Å². The Bertz CT molecular complexity index is 1830. The van der Waals surface area contributed by atoms with E-state index < -0.39 is 17.3 Å². The highest BCUT2D eigenvalue weighted by atomic mass is 32.2. The number of rotatable bonds is 8. The lowest BCUT2D eigenvalue weighted by Crippen LogP contribution is -2.60. The molecular formula is C39H44F3N3O2S. The summed E-state index contributed by atoms with van der Waals surface area (Å²) in [6, 6.07) is 17.2. The van der Waals surface area contributed by atoms with Crippen LogP contribution in [-0.2, 0) is 22.3 Å². The number of halogens is 3. The molecule has 1 aliphatic carbocycles. The molecule has 5 nitrogen and oxygen atoms in total. The third-order valence-corrected chi connectivity index (χ3v) is 11.8. The lowest BCUT2D eigenvalue weighted by atomic mass is 9.86. The Morgan fingerprint density at radius 3 is 2.21 bits per heavy atom. The zero-order chi connectivity index (χ0) is 34.6. The predicted molar refractivity (Wildman–Crippen MR) is 188 cm³/mol. The van der Waals surface area contributed by atoms with Gasteiger partial charge in [0.1, 0.15) is 5.54 Å². The van der Waals surface area contributed by atoms with Crippen LogP contribution in [0, 0.1) is 39.0 Å². The van der Waals surface area contributed by atoms with Crippen LogP contribution < -0.4 is 5.32 Å². The average Bonchev–Trinajstić information content (AvgIpc) is 3.37. The molecule has 4 aromatic rings. The van der Waals surface area contributed by atoms with Crippen molar-refractivity contribution in [3.05, 3.63) is 99.7 Å². The first kappa shape index (κ1) is 34.2. The largest absolute Gasteiger partial charge is 0.416 e. The molecule has 3 aromatic carbocycles. The lowest BCUT2D eigenvalue weighted by molar-refractivity contribution is -0.147. The molecule has 0 radical (unpaired) electrons. The number of carbonyl (C=O) groups excluding carboxylic acids is 2. The van der Waals surface area contributed by atoms with E-state index in [0.29, 0.717) is 29.9 Å². The number of hydrogen-bond acceptors (Lipinski definition) is 3. The van der Waals surface area contributed by atoms with Gasteiger partial charge in [-0.15, -0.1) is 0 Å². The maximum atomic E-state index is 14.8.